The van der Waals surface area contributed by atoms with Crippen molar-refractivity contribution in [3.05, 3.63) is 34.8 Å². The molecule has 0 amide bonds. The molecule has 104 valence electrons. The maximum Gasteiger partial charge on any atom is 0.341 e. The van der Waals surface area contributed by atoms with Crippen LogP contribution in [0.3, 0.4) is 0 Å². The van der Waals surface area contributed by atoms with Crippen molar-refractivity contribution < 1.29 is 34.0 Å². The van der Waals surface area contributed by atoms with E-state index in [1.165, 1.54) is 7.11 Å². The van der Waals surface area contributed by atoms with Gasteiger partial charge in [0, 0.05) is 11.6 Å². The fourth-order valence-electron chi connectivity index (χ4n) is 1.43. The van der Waals surface area contributed by atoms with Crippen molar-refractivity contribution in [2.45, 2.75) is 0 Å². The van der Waals surface area contributed by atoms with Gasteiger partial charge >= 0.3 is 11.9 Å². The van der Waals surface area contributed by atoms with Gasteiger partial charge in [0.2, 0.25) is 0 Å². The van der Waals surface area contributed by atoms with Crippen molar-refractivity contribution in [3.63, 3.8) is 0 Å². The first kappa shape index (κ1) is 14.8. The lowest BCUT2D eigenvalue weighted by molar-refractivity contribution is -0.136. The summed E-state index contributed by atoms with van der Waals surface area (Å²) in [5.74, 6) is -2.20. The molecule has 0 atom stereocenters. The van der Waals surface area contributed by atoms with Crippen LogP contribution in [0.15, 0.2) is 34.8 Å². The molecule has 0 bridgehead atoms. The van der Waals surface area contributed by atoms with Gasteiger partial charge < -0.3 is 24.4 Å². The second kappa shape index (κ2) is 6.60. The summed E-state index contributed by atoms with van der Waals surface area (Å²) in [5, 5.41) is 19.4. The monoisotopic (exact) mass is 270 g/mol. The Morgan fingerprint density at radius 2 is 1.89 bits per heavy atom. The molecular weight excluding hydrogens is 256 g/mol. The smallest absolute Gasteiger partial charge is 0.341 e. The van der Waals surface area contributed by atoms with Gasteiger partial charge in [0.05, 0.1) is 20.8 Å². The second-order valence-electron chi connectivity index (χ2n) is 3.53. The maximum atomic E-state index is 11.5. The Labute approximate surface area is 109 Å². The molecule has 0 aromatic carbocycles. The minimum absolute atomic E-state index is 0.0377. The first-order chi connectivity index (χ1) is 9.01. The molecule has 7 heteroatoms. The average molecular weight is 270 g/mol. The zero-order valence-electron chi connectivity index (χ0n) is 10.5. The standard InChI is InChI=1S/C12H14O7/c1-17-10(15)4-3-8(13)7-5-19-6-9(14)11(7)12(16)18-2/h3-4,13-14H,5-6H2,1-2H3. The lowest BCUT2D eigenvalue weighted by Crippen LogP contribution is -2.22. The highest BCUT2D eigenvalue weighted by Gasteiger charge is 2.27. The number of carbonyl (C=O) groups is 2. The van der Waals surface area contributed by atoms with Gasteiger partial charge in [-0.25, -0.2) is 9.59 Å². The molecule has 0 spiro atoms. The first-order valence-corrected chi connectivity index (χ1v) is 5.28. The van der Waals surface area contributed by atoms with Crippen molar-refractivity contribution in [1.82, 2.24) is 0 Å². The third-order valence-electron chi connectivity index (χ3n) is 2.35. The van der Waals surface area contributed by atoms with E-state index in [-0.39, 0.29) is 30.1 Å². The van der Waals surface area contributed by atoms with Gasteiger partial charge in [-0.2, -0.15) is 0 Å². The van der Waals surface area contributed by atoms with Crippen molar-refractivity contribution >= 4 is 11.9 Å². The van der Waals surface area contributed by atoms with Gasteiger partial charge in [-0.3, -0.25) is 0 Å². The molecule has 2 N–H and O–H groups in total. The van der Waals surface area contributed by atoms with Gasteiger partial charge in [-0.15, -0.1) is 0 Å². The molecule has 0 aromatic rings. The van der Waals surface area contributed by atoms with E-state index in [4.69, 9.17) is 4.74 Å². The zero-order chi connectivity index (χ0) is 14.4. The third kappa shape index (κ3) is 3.59. The summed E-state index contributed by atoms with van der Waals surface area (Å²) in [7, 11) is 2.34. The van der Waals surface area contributed by atoms with E-state index in [0.29, 0.717) is 0 Å². The van der Waals surface area contributed by atoms with Crippen LogP contribution in [-0.2, 0) is 23.8 Å². The molecule has 1 heterocycles. The van der Waals surface area contributed by atoms with E-state index < -0.39 is 17.7 Å². The number of hydrogen-bond donors (Lipinski definition) is 2. The number of allylic oxidation sites excluding steroid dienone is 1. The SMILES string of the molecule is COC(=O)C=CC(O)=C1COCC(O)=C1C(=O)OC. The highest BCUT2D eigenvalue weighted by molar-refractivity contribution is 5.94. The van der Waals surface area contributed by atoms with Crippen LogP contribution in [-0.4, -0.2) is 49.6 Å². The average Bonchev–Trinajstić information content (AvgIpc) is 2.43. The summed E-state index contributed by atoms with van der Waals surface area (Å²) >= 11 is 0. The number of methoxy groups -OCH3 is 2. The summed E-state index contributed by atoms with van der Waals surface area (Å²) in [6.45, 7) is -0.242. The summed E-state index contributed by atoms with van der Waals surface area (Å²) in [5.41, 5.74) is -0.128. The number of aliphatic hydroxyl groups excluding tert-OH is 2. The lowest BCUT2D eigenvalue weighted by atomic mass is 10.0. The highest BCUT2D eigenvalue weighted by Crippen LogP contribution is 2.23. The molecule has 7 nitrogen and oxygen atoms in total. The van der Waals surface area contributed by atoms with Crippen LogP contribution in [0.2, 0.25) is 0 Å². The van der Waals surface area contributed by atoms with E-state index in [1.807, 2.05) is 0 Å². The number of hydrogen-bond acceptors (Lipinski definition) is 7. The van der Waals surface area contributed by atoms with Crippen LogP contribution in [0.25, 0.3) is 0 Å². The molecule has 19 heavy (non-hydrogen) atoms. The molecule has 1 aliphatic heterocycles. The molecule has 0 saturated carbocycles. The Hall–Kier alpha value is -2.28. The highest BCUT2D eigenvalue weighted by atomic mass is 16.5. The maximum absolute atomic E-state index is 11.5. The normalized spacial score (nSPS) is 18.4. The van der Waals surface area contributed by atoms with E-state index >= 15 is 0 Å². The number of ether oxygens (including phenoxy) is 3. The fraction of sp³-hybridized carbons (Fsp3) is 0.333. The quantitative estimate of drug-likeness (QED) is 0.438. The van der Waals surface area contributed by atoms with Crippen LogP contribution in [0.1, 0.15) is 0 Å². The van der Waals surface area contributed by atoms with E-state index in [2.05, 4.69) is 9.47 Å². The van der Waals surface area contributed by atoms with Crippen LogP contribution < -0.4 is 0 Å². The van der Waals surface area contributed by atoms with E-state index in [9.17, 15) is 19.8 Å². The zero-order valence-corrected chi connectivity index (χ0v) is 10.5. The predicted molar refractivity (Wildman–Crippen MR) is 63.3 cm³/mol. The molecule has 0 saturated heterocycles. The Balaban J connectivity index is 3.14. The lowest BCUT2D eigenvalue weighted by Gasteiger charge is -2.18. The Bertz CT molecular complexity index is 470. The molecule has 0 radical (unpaired) electrons. The van der Waals surface area contributed by atoms with Crippen LogP contribution >= 0.6 is 0 Å². The molecule has 1 aliphatic rings. The predicted octanol–water partition coefficient (Wildman–Crippen LogP) is 0.543. The van der Waals surface area contributed by atoms with Crippen molar-refractivity contribution in [3.8, 4) is 0 Å². The van der Waals surface area contributed by atoms with Gasteiger partial charge in [0.1, 0.15) is 23.7 Å². The summed E-state index contributed by atoms with van der Waals surface area (Å²) in [6.07, 6.45) is 2.02. The topological polar surface area (TPSA) is 102 Å². The molecule has 0 aliphatic carbocycles. The Kier molecular flexibility index (Phi) is 5.13. The third-order valence-corrected chi connectivity index (χ3v) is 2.35. The Morgan fingerprint density at radius 1 is 1.21 bits per heavy atom. The van der Waals surface area contributed by atoms with E-state index in [1.54, 1.807) is 0 Å². The number of rotatable bonds is 3. The second-order valence-corrected chi connectivity index (χ2v) is 3.53. The summed E-state index contributed by atoms with van der Waals surface area (Å²) in [4.78, 5) is 22.4. The van der Waals surface area contributed by atoms with Crippen molar-refractivity contribution in [2.75, 3.05) is 27.4 Å². The first-order valence-electron chi connectivity index (χ1n) is 5.28. The van der Waals surface area contributed by atoms with Crippen LogP contribution in [0.5, 0.6) is 0 Å². The number of aliphatic hydroxyl groups is 2. The molecule has 0 fully saturated rings. The van der Waals surface area contributed by atoms with Crippen molar-refractivity contribution in [1.29, 1.82) is 0 Å². The number of esters is 2. The Morgan fingerprint density at radius 3 is 2.47 bits per heavy atom. The van der Waals surface area contributed by atoms with Crippen molar-refractivity contribution in [2.24, 2.45) is 0 Å². The van der Waals surface area contributed by atoms with Gasteiger partial charge in [0.25, 0.3) is 0 Å². The summed E-state index contributed by atoms with van der Waals surface area (Å²) < 4.78 is 13.9. The fourth-order valence-corrected chi connectivity index (χ4v) is 1.43. The van der Waals surface area contributed by atoms with Crippen LogP contribution in [0.4, 0.5) is 0 Å². The minimum atomic E-state index is -0.797. The van der Waals surface area contributed by atoms with E-state index in [0.717, 1.165) is 19.3 Å². The van der Waals surface area contributed by atoms with Gasteiger partial charge in [0.15, 0.2) is 0 Å². The molecular formula is C12H14O7. The minimum Gasteiger partial charge on any atom is -0.509 e. The molecule has 0 unspecified atom stereocenters. The molecule has 1 rings (SSSR count). The summed E-state index contributed by atoms with van der Waals surface area (Å²) in [6, 6.07) is 0. The largest absolute Gasteiger partial charge is 0.509 e. The van der Waals surface area contributed by atoms with Gasteiger partial charge in [-0.1, -0.05) is 0 Å². The van der Waals surface area contributed by atoms with Crippen LogP contribution in [0, 0.1) is 0 Å². The van der Waals surface area contributed by atoms with Gasteiger partial charge in [-0.05, 0) is 6.08 Å². The molecule has 0 aromatic heterocycles. The number of carbonyl (C=O) groups excluding carboxylic acids is 2.